The van der Waals surface area contributed by atoms with E-state index in [1.54, 1.807) is 24.3 Å². The topological polar surface area (TPSA) is 35.5 Å². The fourth-order valence-corrected chi connectivity index (χ4v) is 3.94. The number of hydrogen-bond acceptors (Lipinski definition) is 3. The average Bonchev–Trinajstić information content (AvgIpc) is 2.61. The highest BCUT2D eigenvalue weighted by Gasteiger charge is 2.26. The SMILES string of the molecule is CC(C)=CCC/C(C)=C/CP(=O)(Oc1ccccc1)Oc1ccccc1. The average molecular weight is 370 g/mol. The van der Waals surface area contributed by atoms with E-state index in [1.807, 2.05) is 49.4 Å². The van der Waals surface area contributed by atoms with Gasteiger partial charge in [0.1, 0.15) is 11.5 Å². The maximum Gasteiger partial charge on any atom is 0.434 e. The van der Waals surface area contributed by atoms with E-state index in [0.717, 1.165) is 12.8 Å². The van der Waals surface area contributed by atoms with Crippen molar-refractivity contribution in [3.8, 4) is 11.5 Å². The Kier molecular flexibility index (Phi) is 7.74. The molecule has 2 aromatic rings. The Bertz CT molecular complexity index is 730. The van der Waals surface area contributed by atoms with Gasteiger partial charge in [-0.25, -0.2) is 4.57 Å². The first-order chi connectivity index (χ1) is 12.5. The normalized spacial score (nSPS) is 11.7. The molecule has 0 saturated carbocycles. The summed E-state index contributed by atoms with van der Waals surface area (Å²) in [5.41, 5.74) is 2.49. The quantitative estimate of drug-likeness (QED) is 0.351. The molecule has 3 nitrogen and oxygen atoms in total. The van der Waals surface area contributed by atoms with Crippen molar-refractivity contribution in [1.29, 1.82) is 0 Å². The summed E-state index contributed by atoms with van der Waals surface area (Å²) in [5.74, 6) is 1.09. The lowest BCUT2D eigenvalue weighted by Gasteiger charge is -2.19. The van der Waals surface area contributed by atoms with Crippen molar-refractivity contribution < 1.29 is 13.6 Å². The molecule has 0 aliphatic heterocycles. The third kappa shape index (κ3) is 7.33. The van der Waals surface area contributed by atoms with E-state index in [9.17, 15) is 4.57 Å². The summed E-state index contributed by atoms with van der Waals surface area (Å²) in [6, 6.07) is 18.3. The van der Waals surface area contributed by atoms with Crippen LogP contribution in [0.25, 0.3) is 0 Å². The van der Waals surface area contributed by atoms with Crippen molar-refractivity contribution in [3.05, 3.63) is 84.0 Å². The van der Waals surface area contributed by atoms with Crippen molar-refractivity contribution in [3.63, 3.8) is 0 Å². The molecule has 0 unspecified atom stereocenters. The zero-order chi connectivity index (χ0) is 18.8. The van der Waals surface area contributed by atoms with Gasteiger partial charge in [-0.15, -0.1) is 0 Å². The van der Waals surface area contributed by atoms with E-state index in [2.05, 4.69) is 19.9 Å². The number of hydrogen-bond donors (Lipinski definition) is 0. The molecule has 0 saturated heterocycles. The van der Waals surface area contributed by atoms with E-state index >= 15 is 0 Å². The van der Waals surface area contributed by atoms with Gasteiger partial charge in [-0.05, 0) is 57.9 Å². The van der Waals surface area contributed by atoms with Gasteiger partial charge in [0.2, 0.25) is 0 Å². The summed E-state index contributed by atoms with van der Waals surface area (Å²) in [6.07, 6.45) is 6.32. The molecule has 4 heteroatoms. The second kappa shape index (κ2) is 10.0. The summed E-state index contributed by atoms with van der Waals surface area (Å²) in [5, 5.41) is 0. The summed E-state index contributed by atoms with van der Waals surface area (Å²) in [7, 11) is -3.36. The molecule has 0 aliphatic carbocycles. The van der Waals surface area contributed by atoms with Gasteiger partial charge >= 0.3 is 7.60 Å². The highest BCUT2D eigenvalue weighted by atomic mass is 31.2. The third-order valence-corrected chi connectivity index (χ3v) is 5.34. The standard InChI is InChI=1S/C22H27O3P/c1-19(2)11-10-12-20(3)17-18-26(23,24-21-13-6-4-7-14-21)25-22-15-8-5-9-16-22/h4-9,11,13-17H,10,12,18H2,1-3H3/b20-17+. The van der Waals surface area contributed by atoms with E-state index in [0.29, 0.717) is 11.5 Å². The van der Waals surface area contributed by atoms with Gasteiger partial charge < -0.3 is 9.05 Å². The molecule has 0 amide bonds. The molecule has 0 atom stereocenters. The maximum absolute atomic E-state index is 13.3. The lowest BCUT2D eigenvalue weighted by molar-refractivity contribution is 0.389. The summed E-state index contributed by atoms with van der Waals surface area (Å²) in [6.45, 7) is 6.23. The first-order valence-electron chi connectivity index (χ1n) is 8.84. The summed E-state index contributed by atoms with van der Waals surface area (Å²) < 4.78 is 24.9. The number of para-hydroxylation sites is 2. The van der Waals surface area contributed by atoms with Crippen LogP contribution in [0.15, 0.2) is 84.0 Å². The monoisotopic (exact) mass is 370 g/mol. The highest BCUT2D eigenvalue weighted by molar-refractivity contribution is 7.54. The Morgan fingerprint density at radius 3 is 1.81 bits per heavy atom. The van der Waals surface area contributed by atoms with Gasteiger partial charge in [-0.2, -0.15) is 0 Å². The largest absolute Gasteiger partial charge is 0.434 e. The Labute approximate surface area is 156 Å². The zero-order valence-corrected chi connectivity index (χ0v) is 16.6. The summed E-state index contributed by atoms with van der Waals surface area (Å²) in [4.78, 5) is 0. The van der Waals surface area contributed by atoms with Crippen LogP contribution in [0.1, 0.15) is 33.6 Å². The minimum atomic E-state index is -3.36. The first-order valence-corrected chi connectivity index (χ1v) is 10.6. The fraction of sp³-hybridized carbons (Fsp3) is 0.273. The Hall–Kier alpha value is -2.25. The number of rotatable bonds is 9. The van der Waals surface area contributed by atoms with Crippen LogP contribution in [0.4, 0.5) is 0 Å². The molecule has 0 spiro atoms. The predicted molar refractivity (Wildman–Crippen MR) is 109 cm³/mol. The second-order valence-electron chi connectivity index (χ2n) is 6.47. The van der Waals surface area contributed by atoms with Gasteiger partial charge in [0.05, 0.1) is 6.16 Å². The lowest BCUT2D eigenvalue weighted by atomic mass is 10.1. The molecule has 0 fully saturated rings. The molecule has 0 aromatic heterocycles. The minimum absolute atomic E-state index is 0.234. The molecule has 0 N–H and O–H groups in total. The van der Waals surface area contributed by atoms with E-state index in [-0.39, 0.29) is 6.16 Å². The summed E-state index contributed by atoms with van der Waals surface area (Å²) >= 11 is 0. The Morgan fingerprint density at radius 1 is 0.846 bits per heavy atom. The van der Waals surface area contributed by atoms with Crippen LogP contribution in [-0.2, 0) is 4.57 Å². The zero-order valence-electron chi connectivity index (χ0n) is 15.7. The number of allylic oxidation sites excluding steroid dienone is 4. The van der Waals surface area contributed by atoms with Crippen LogP contribution >= 0.6 is 7.60 Å². The Morgan fingerprint density at radius 2 is 1.35 bits per heavy atom. The molecular weight excluding hydrogens is 343 g/mol. The van der Waals surface area contributed by atoms with E-state index < -0.39 is 7.60 Å². The van der Waals surface area contributed by atoms with Crippen LogP contribution in [0.3, 0.4) is 0 Å². The van der Waals surface area contributed by atoms with Crippen LogP contribution in [0.5, 0.6) is 11.5 Å². The van der Waals surface area contributed by atoms with Gasteiger partial charge in [-0.3, -0.25) is 0 Å². The molecule has 2 rings (SSSR count). The predicted octanol–water partition coefficient (Wildman–Crippen LogP) is 7.03. The first kappa shape index (κ1) is 20.1. The molecular formula is C22H27O3P. The molecule has 26 heavy (non-hydrogen) atoms. The van der Waals surface area contributed by atoms with Crippen molar-refractivity contribution in [2.75, 3.05) is 6.16 Å². The molecule has 0 aliphatic rings. The number of benzene rings is 2. The molecule has 138 valence electrons. The van der Waals surface area contributed by atoms with Crippen LogP contribution in [0.2, 0.25) is 0 Å². The van der Waals surface area contributed by atoms with E-state index in [4.69, 9.17) is 9.05 Å². The lowest BCUT2D eigenvalue weighted by Crippen LogP contribution is -2.04. The van der Waals surface area contributed by atoms with Gasteiger partial charge in [0, 0.05) is 0 Å². The maximum atomic E-state index is 13.3. The van der Waals surface area contributed by atoms with Crippen LogP contribution in [-0.4, -0.2) is 6.16 Å². The molecule has 0 bridgehead atoms. The van der Waals surface area contributed by atoms with Gasteiger partial charge in [0.25, 0.3) is 0 Å². The van der Waals surface area contributed by atoms with Gasteiger partial charge in [0.15, 0.2) is 0 Å². The molecule has 0 heterocycles. The molecule has 2 aromatic carbocycles. The van der Waals surface area contributed by atoms with Crippen molar-refractivity contribution in [2.45, 2.75) is 33.6 Å². The second-order valence-corrected chi connectivity index (χ2v) is 8.42. The van der Waals surface area contributed by atoms with Crippen molar-refractivity contribution in [1.82, 2.24) is 0 Å². The van der Waals surface area contributed by atoms with Crippen molar-refractivity contribution in [2.24, 2.45) is 0 Å². The van der Waals surface area contributed by atoms with Crippen LogP contribution in [0, 0.1) is 0 Å². The van der Waals surface area contributed by atoms with Crippen molar-refractivity contribution >= 4 is 7.60 Å². The third-order valence-electron chi connectivity index (χ3n) is 3.73. The fourth-order valence-electron chi connectivity index (χ4n) is 2.34. The Balaban J connectivity index is 2.12. The van der Waals surface area contributed by atoms with Crippen LogP contribution < -0.4 is 9.05 Å². The smallest absolute Gasteiger partial charge is 0.416 e. The van der Waals surface area contributed by atoms with E-state index in [1.165, 1.54) is 11.1 Å². The highest BCUT2D eigenvalue weighted by Crippen LogP contribution is 2.48. The van der Waals surface area contributed by atoms with Gasteiger partial charge in [-0.1, -0.05) is 59.7 Å². The molecule has 0 radical (unpaired) electrons. The minimum Gasteiger partial charge on any atom is -0.416 e.